The lowest BCUT2D eigenvalue weighted by molar-refractivity contribution is 0.476. The summed E-state index contributed by atoms with van der Waals surface area (Å²) >= 11 is 0. The van der Waals surface area contributed by atoms with Crippen LogP contribution in [0.3, 0.4) is 0 Å². The summed E-state index contributed by atoms with van der Waals surface area (Å²) in [6, 6.07) is 7.15. The Morgan fingerprint density at radius 3 is 2.88 bits per heavy atom. The van der Waals surface area contributed by atoms with Gasteiger partial charge in [-0.2, -0.15) is 0 Å². The highest BCUT2D eigenvalue weighted by molar-refractivity contribution is 5.89. The van der Waals surface area contributed by atoms with Gasteiger partial charge in [-0.3, -0.25) is 4.57 Å². The molecule has 3 aromatic rings. The Hall–Kier alpha value is -2.36. The molecule has 2 heterocycles. The van der Waals surface area contributed by atoms with Crippen LogP contribution in [0.4, 0.5) is 0 Å². The van der Waals surface area contributed by atoms with Crippen molar-refractivity contribution in [2.75, 3.05) is 0 Å². The fourth-order valence-corrected chi connectivity index (χ4v) is 1.73. The van der Waals surface area contributed by atoms with Crippen molar-refractivity contribution in [1.29, 1.82) is 0 Å². The van der Waals surface area contributed by atoms with E-state index in [9.17, 15) is 5.11 Å². The summed E-state index contributed by atoms with van der Waals surface area (Å²) in [4.78, 5) is 8.29. The summed E-state index contributed by atoms with van der Waals surface area (Å²) in [5.41, 5.74) is 0. The van der Waals surface area contributed by atoms with E-state index in [4.69, 9.17) is 0 Å². The average Bonchev–Trinajstić information content (AvgIpc) is 2.81. The molecule has 0 amide bonds. The summed E-state index contributed by atoms with van der Waals surface area (Å²) < 4.78 is 1.82. The third-order valence-corrected chi connectivity index (χ3v) is 2.48. The first-order valence-electron chi connectivity index (χ1n) is 4.91. The van der Waals surface area contributed by atoms with Crippen molar-refractivity contribution in [2.45, 2.75) is 0 Å². The number of aromatic hydroxyl groups is 1. The third-order valence-electron chi connectivity index (χ3n) is 2.48. The molecule has 0 unspecified atom stereocenters. The van der Waals surface area contributed by atoms with Crippen LogP contribution in [0.15, 0.2) is 49.2 Å². The van der Waals surface area contributed by atoms with Crippen LogP contribution in [0.2, 0.25) is 0 Å². The van der Waals surface area contributed by atoms with Gasteiger partial charge < -0.3 is 5.11 Å². The number of nitrogens with zero attached hydrogens (tertiary/aromatic N) is 3. The molecule has 0 saturated heterocycles. The minimum Gasteiger partial charge on any atom is -0.508 e. The molecule has 0 fully saturated rings. The van der Waals surface area contributed by atoms with E-state index in [2.05, 4.69) is 9.97 Å². The van der Waals surface area contributed by atoms with Crippen LogP contribution in [-0.4, -0.2) is 19.6 Å². The van der Waals surface area contributed by atoms with Crippen LogP contribution >= 0.6 is 0 Å². The number of hydrogen-bond donors (Lipinski definition) is 1. The molecule has 1 aromatic carbocycles. The molecular weight excluding hydrogens is 202 g/mol. The number of hydrogen-bond acceptors (Lipinski definition) is 3. The molecule has 0 aliphatic carbocycles. The Kier molecular flexibility index (Phi) is 1.86. The monoisotopic (exact) mass is 211 g/mol. The van der Waals surface area contributed by atoms with Crippen molar-refractivity contribution < 1.29 is 5.11 Å². The van der Waals surface area contributed by atoms with Gasteiger partial charge in [-0.25, -0.2) is 9.97 Å². The van der Waals surface area contributed by atoms with Crippen LogP contribution in [0, 0.1) is 0 Å². The Labute approximate surface area is 91.8 Å². The van der Waals surface area contributed by atoms with E-state index in [1.165, 1.54) is 0 Å². The van der Waals surface area contributed by atoms with Gasteiger partial charge in [-0.05, 0) is 23.6 Å². The zero-order valence-corrected chi connectivity index (χ0v) is 8.41. The van der Waals surface area contributed by atoms with Gasteiger partial charge in [0.15, 0.2) is 0 Å². The van der Waals surface area contributed by atoms with Crippen molar-refractivity contribution in [3.05, 3.63) is 49.2 Å². The number of phenols is 1. The molecule has 4 heteroatoms. The number of imidazole rings is 1. The van der Waals surface area contributed by atoms with E-state index in [0.717, 1.165) is 16.6 Å². The van der Waals surface area contributed by atoms with Crippen molar-refractivity contribution >= 4 is 10.8 Å². The zero-order valence-electron chi connectivity index (χ0n) is 8.41. The highest BCUT2D eigenvalue weighted by Gasteiger charge is 2.04. The molecule has 0 saturated carbocycles. The molecule has 16 heavy (non-hydrogen) atoms. The smallest absolute Gasteiger partial charge is 0.145 e. The highest BCUT2D eigenvalue weighted by atomic mass is 16.3. The second-order valence-corrected chi connectivity index (χ2v) is 3.51. The lowest BCUT2D eigenvalue weighted by Gasteiger charge is -2.05. The fourth-order valence-electron chi connectivity index (χ4n) is 1.73. The summed E-state index contributed by atoms with van der Waals surface area (Å²) in [5.74, 6) is 1.01. The van der Waals surface area contributed by atoms with Gasteiger partial charge >= 0.3 is 0 Å². The molecule has 0 aliphatic heterocycles. The van der Waals surface area contributed by atoms with Gasteiger partial charge in [-0.1, -0.05) is 6.07 Å². The SMILES string of the molecule is Oc1ccc2ccnc(-n3ccnc3)c2c1. The standard InChI is InChI=1S/C12H9N3O/c16-10-2-1-9-3-4-14-12(11(9)7-10)15-6-5-13-8-15/h1-8,16H. The van der Waals surface area contributed by atoms with Crippen molar-refractivity contribution in [3.8, 4) is 11.6 Å². The maximum Gasteiger partial charge on any atom is 0.145 e. The first-order chi connectivity index (χ1) is 7.84. The van der Waals surface area contributed by atoms with E-state index >= 15 is 0 Å². The predicted molar refractivity (Wildman–Crippen MR) is 60.5 cm³/mol. The van der Waals surface area contributed by atoms with Crippen LogP contribution in [0.1, 0.15) is 0 Å². The first kappa shape index (κ1) is 8.91. The fraction of sp³-hybridized carbons (Fsp3) is 0. The van der Waals surface area contributed by atoms with Gasteiger partial charge in [0.1, 0.15) is 17.9 Å². The predicted octanol–water partition coefficient (Wildman–Crippen LogP) is 2.13. The number of fused-ring (bicyclic) bond motifs is 1. The van der Waals surface area contributed by atoms with Gasteiger partial charge in [0.2, 0.25) is 0 Å². The number of pyridine rings is 1. The van der Waals surface area contributed by atoms with Crippen LogP contribution in [0.5, 0.6) is 5.75 Å². The van der Waals surface area contributed by atoms with E-state index < -0.39 is 0 Å². The highest BCUT2D eigenvalue weighted by Crippen LogP contribution is 2.23. The lowest BCUT2D eigenvalue weighted by Crippen LogP contribution is -1.94. The number of phenolic OH excluding ortho intramolecular Hbond substituents is 1. The number of benzene rings is 1. The molecular formula is C12H9N3O. The van der Waals surface area contributed by atoms with Crippen molar-refractivity contribution in [2.24, 2.45) is 0 Å². The molecule has 0 bridgehead atoms. The largest absolute Gasteiger partial charge is 0.508 e. The van der Waals surface area contributed by atoms with Crippen molar-refractivity contribution in [1.82, 2.24) is 14.5 Å². The average molecular weight is 211 g/mol. The normalized spacial score (nSPS) is 10.8. The second kappa shape index (κ2) is 3.34. The summed E-state index contributed by atoms with van der Waals surface area (Å²) in [6.45, 7) is 0. The molecule has 2 aromatic heterocycles. The Morgan fingerprint density at radius 1 is 1.12 bits per heavy atom. The van der Waals surface area contributed by atoms with E-state index in [-0.39, 0.29) is 5.75 Å². The van der Waals surface area contributed by atoms with Gasteiger partial charge in [0.25, 0.3) is 0 Å². The number of rotatable bonds is 1. The van der Waals surface area contributed by atoms with E-state index in [1.54, 1.807) is 30.9 Å². The topological polar surface area (TPSA) is 50.9 Å². The second-order valence-electron chi connectivity index (χ2n) is 3.51. The molecule has 0 radical (unpaired) electrons. The minimum absolute atomic E-state index is 0.238. The summed E-state index contributed by atoms with van der Waals surface area (Å²) in [7, 11) is 0. The Bertz CT molecular complexity index is 632. The lowest BCUT2D eigenvalue weighted by atomic mass is 10.1. The zero-order chi connectivity index (χ0) is 11.0. The molecule has 0 spiro atoms. The maximum absolute atomic E-state index is 9.50. The summed E-state index contributed by atoms with van der Waals surface area (Å²) in [6.07, 6.45) is 6.95. The summed E-state index contributed by atoms with van der Waals surface area (Å²) in [5, 5.41) is 11.4. The van der Waals surface area contributed by atoms with Gasteiger partial charge in [-0.15, -0.1) is 0 Å². The quantitative estimate of drug-likeness (QED) is 0.670. The maximum atomic E-state index is 9.50. The Morgan fingerprint density at radius 2 is 2.06 bits per heavy atom. The molecule has 0 atom stereocenters. The molecule has 4 nitrogen and oxygen atoms in total. The molecule has 0 aliphatic rings. The van der Waals surface area contributed by atoms with E-state index in [0.29, 0.717) is 0 Å². The van der Waals surface area contributed by atoms with Crippen LogP contribution in [0.25, 0.3) is 16.6 Å². The van der Waals surface area contributed by atoms with Crippen LogP contribution < -0.4 is 0 Å². The molecule has 78 valence electrons. The molecule has 1 N–H and O–H groups in total. The third kappa shape index (κ3) is 1.32. The number of aromatic nitrogens is 3. The van der Waals surface area contributed by atoms with Crippen molar-refractivity contribution in [3.63, 3.8) is 0 Å². The van der Waals surface area contributed by atoms with Gasteiger partial charge in [0, 0.05) is 24.0 Å². The van der Waals surface area contributed by atoms with Gasteiger partial charge in [0.05, 0.1) is 0 Å². The molecule has 3 rings (SSSR count). The Balaban J connectivity index is 2.36. The first-order valence-corrected chi connectivity index (χ1v) is 4.91. The van der Waals surface area contributed by atoms with E-state index in [1.807, 2.05) is 22.9 Å². The minimum atomic E-state index is 0.238. The van der Waals surface area contributed by atoms with Crippen LogP contribution in [-0.2, 0) is 0 Å².